The van der Waals surface area contributed by atoms with Gasteiger partial charge >= 0.3 is 0 Å². The Balaban J connectivity index is 1.29. The van der Waals surface area contributed by atoms with E-state index >= 15 is 0 Å². The molecule has 13 nitrogen and oxygen atoms in total. The molecular weight excluding hydrogens is 510 g/mol. The summed E-state index contributed by atoms with van der Waals surface area (Å²) >= 11 is 0. The van der Waals surface area contributed by atoms with Gasteiger partial charge in [-0.2, -0.15) is 19.8 Å². The van der Waals surface area contributed by atoms with Crippen molar-refractivity contribution in [2.75, 3.05) is 5.73 Å². The van der Waals surface area contributed by atoms with Gasteiger partial charge in [-0.1, -0.05) is 6.07 Å². The van der Waals surface area contributed by atoms with E-state index in [0.717, 1.165) is 24.2 Å². The van der Waals surface area contributed by atoms with E-state index in [9.17, 15) is 9.59 Å². The number of Topliss-reactive ketones (excluding diaryl/α,β-unsaturated/α-hetero) is 1. The lowest BCUT2D eigenvalue weighted by Gasteiger charge is -2.38. The maximum absolute atomic E-state index is 13.1. The van der Waals surface area contributed by atoms with Crippen LogP contribution in [0, 0.1) is 0 Å². The molecular formula is C27H27N11O2. The molecule has 2 fully saturated rings. The predicted molar refractivity (Wildman–Crippen MR) is 144 cm³/mol. The van der Waals surface area contributed by atoms with Gasteiger partial charge in [-0.05, 0) is 50.8 Å². The van der Waals surface area contributed by atoms with Crippen LogP contribution < -0.4 is 5.73 Å². The number of aryl methyl sites for hydroxylation is 1. The number of hydrogen-bond acceptors (Lipinski definition) is 9. The number of H-pyrrole nitrogens is 1. The molecule has 0 spiro atoms. The number of carbonyl (C=O) groups excluding carboxylic acids is 2. The van der Waals surface area contributed by atoms with Crippen molar-refractivity contribution in [2.24, 2.45) is 7.05 Å². The lowest BCUT2D eigenvalue weighted by molar-refractivity contribution is 0.0556. The van der Waals surface area contributed by atoms with Crippen LogP contribution in [0.2, 0.25) is 0 Å². The second kappa shape index (κ2) is 9.07. The van der Waals surface area contributed by atoms with E-state index in [1.807, 2.05) is 42.4 Å². The highest BCUT2D eigenvalue weighted by atomic mass is 16.2. The second-order valence-electron chi connectivity index (χ2n) is 10.5. The Morgan fingerprint density at radius 1 is 1.05 bits per heavy atom. The van der Waals surface area contributed by atoms with Gasteiger partial charge in [0.05, 0.1) is 34.4 Å². The molecule has 0 radical (unpaired) electrons. The number of rotatable bonds is 5. The fraction of sp³-hybridized carbons (Fsp3) is 0.333. The molecule has 1 amide bonds. The maximum Gasteiger partial charge on any atom is 0.291 e. The fourth-order valence-electron chi connectivity index (χ4n) is 6.31. The molecule has 40 heavy (non-hydrogen) atoms. The van der Waals surface area contributed by atoms with Gasteiger partial charge in [0.1, 0.15) is 17.8 Å². The van der Waals surface area contributed by atoms with Gasteiger partial charge in [-0.15, -0.1) is 0 Å². The highest BCUT2D eigenvalue weighted by molar-refractivity contribution is 6.00. The topological polar surface area (TPSA) is 166 Å². The van der Waals surface area contributed by atoms with Crippen LogP contribution in [0.3, 0.4) is 0 Å². The van der Waals surface area contributed by atoms with Gasteiger partial charge in [-0.3, -0.25) is 19.4 Å². The first-order chi connectivity index (χ1) is 19.4. The zero-order valence-corrected chi connectivity index (χ0v) is 22.0. The molecule has 2 saturated heterocycles. The number of ketones is 1. The summed E-state index contributed by atoms with van der Waals surface area (Å²) in [6.07, 6.45) is 8.01. The number of anilines is 1. The molecule has 3 atom stereocenters. The van der Waals surface area contributed by atoms with E-state index < -0.39 is 0 Å². The molecule has 2 bridgehead atoms. The minimum atomic E-state index is -0.165. The lowest BCUT2D eigenvalue weighted by atomic mass is 9.85. The zero-order valence-electron chi connectivity index (χ0n) is 22.0. The van der Waals surface area contributed by atoms with Crippen molar-refractivity contribution in [3.8, 4) is 22.6 Å². The van der Waals surface area contributed by atoms with Crippen LogP contribution in [-0.2, 0) is 7.05 Å². The highest BCUT2D eigenvalue weighted by Gasteiger charge is 2.45. The van der Waals surface area contributed by atoms with Crippen molar-refractivity contribution in [1.29, 1.82) is 0 Å². The third kappa shape index (κ3) is 3.76. The summed E-state index contributed by atoms with van der Waals surface area (Å²) in [5, 5.41) is 15.5. The van der Waals surface area contributed by atoms with E-state index in [2.05, 4.69) is 25.4 Å². The average Bonchev–Trinajstić information content (AvgIpc) is 3.75. The van der Waals surface area contributed by atoms with Crippen LogP contribution in [0.4, 0.5) is 5.82 Å². The number of hydrogen-bond donors (Lipinski definition) is 2. The normalized spacial score (nSPS) is 20.4. The number of nitrogens with two attached hydrogens (primary N) is 1. The summed E-state index contributed by atoms with van der Waals surface area (Å²) in [7, 11) is 1.86. The Kier molecular flexibility index (Phi) is 5.47. The van der Waals surface area contributed by atoms with Gasteiger partial charge in [0.15, 0.2) is 11.4 Å². The molecule has 3 N–H and O–H groups in total. The Morgan fingerprint density at radius 2 is 1.82 bits per heavy atom. The number of nitrogens with one attached hydrogen (secondary N) is 1. The molecule has 2 aliphatic heterocycles. The van der Waals surface area contributed by atoms with Crippen molar-refractivity contribution in [3.05, 3.63) is 60.1 Å². The highest BCUT2D eigenvalue weighted by Crippen LogP contribution is 2.45. The van der Waals surface area contributed by atoms with Gasteiger partial charge < -0.3 is 10.6 Å². The third-order valence-electron chi connectivity index (χ3n) is 8.04. The van der Waals surface area contributed by atoms with Crippen LogP contribution in [0.1, 0.15) is 65.2 Å². The number of piperidine rings is 1. The van der Waals surface area contributed by atoms with Gasteiger partial charge in [0.2, 0.25) is 5.82 Å². The van der Waals surface area contributed by atoms with Crippen LogP contribution in [0.15, 0.2) is 43.0 Å². The first-order valence-electron chi connectivity index (χ1n) is 13.2. The maximum atomic E-state index is 13.1. The SMILES string of the molecule is CC(=O)c1c(C2C[C@H]3CC[C@@H](C2)N3C(=O)c2ncn[nH]2)nc2c(-c3cccc(-c4ccn(C)n4)n3)cnn2c1N. The summed E-state index contributed by atoms with van der Waals surface area (Å²) in [5.74, 6) is 0.148. The molecule has 1 unspecified atom stereocenters. The van der Waals surface area contributed by atoms with Crippen LogP contribution in [0.25, 0.3) is 28.3 Å². The Bertz CT molecular complexity index is 1760. The fourth-order valence-corrected chi connectivity index (χ4v) is 6.31. The number of fused-ring (bicyclic) bond motifs is 3. The Hall–Kier alpha value is -4.94. The summed E-state index contributed by atoms with van der Waals surface area (Å²) in [6, 6.07) is 7.66. The molecule has 13 heteroatoms. The number of aromatic nitrogens is 9. The average molecular weight is 538 g/mol. The van der Waals surface area contributed by atoms with Crippen molar-refractivity contribution < 1.29 is 9.59 Å². The van der Waals surface area contributed by atoms with Crippen LogP contribution in [-0.4, -0.2) is 73.2 Å². The van der Waals surface area contributed by atoms with Crippen molar-refractivity contribution in [2.45, 2.75) is 50.6 Å². The van der Waals surface area contributed by atoms with E-state index in [1.165, 1.54) is 17.8 Å². The van der Waals surface area contributed by atoms with Gasteiger partial charge in [0, 0.05) is 31.2 Å². The second-order valence-corrected chi connectivity index (χ2v) is 10.5. The smallest absolute Gasteiger partial charge is 0.291 e. The minimum Gasteiger partial charge on any atom is -0.383 e. The van der Waals surface area contributed by atoms with Crippen LogP contribution in [0.5, 0.6) is 0 Å². The number of nitrogens with zero attached hydrogens (tertiary/aromatic N) is 9. The first-order valence-corrected chi connectivity index (χ1v) is 13.2. The molecule has 7 heterocycles. The van der Waals surface area contributed by atoms with Gasteiger partial charge in [0.25, 0.3) is 5.91 Å². The summed E-state index contributed by atoms with van der Waals surface area (Å²) in [4.78, 5) is 41.9. The monoisotopic (exact) mass is 537 g/mol. The Labute approximate surface area is 228 Å². The third-order valence-corrected chi connectivity index (χ3v) is 8.04. The lowest BCUT2D eigenvalue weighted by Crippen LogP contribution is -2.46. The Morgan fingerprint density at radius 3 is 2.50 bits per heavy atom. The minimum absolute atomic E-state index is 0.0153. The number of amides is 1. The van der Waals surface area contributed by atoms with Crippen LogP contribution >= 0.6 is 0 Å². The zero-order chi connectivity index (χ0) is 27.5. The van der Waals surface area contributed by atoms with Crippen molar-refractivity contribution in [1.82, 2.24) is 49.4 Å². The number of aromatic amines is 1. The molecule has 202 valence electrons. The molecule has 5 aromatic rings. The molecule has 0 aromatic carbocycles. The van der Waals surface area contributed by atoms with E-state index in [1.54, 1.807) is 10.9 Å². The summed E-state index contributed by atoms with van der Waals surface area (Å²) in [5.41, 5.74) is 11.0. The number of pyridine rings is 1. The molecule has 7 rings (SSSR count). The molecule has 0 saturated carbocycles. The summed E-state index contributed by atoms with van der Waals surface area (Å²) in [6.45, 7) is 1.50. The van der Waals surface area contributed by atoms with E-state index in [-0.39, 0.29) is 41.3 Å². The first kappa shape index (κ1) is 24.1. The van der Waals surface area contributed by atoms with Crippen molar-refractivity contribution in [3.63, 3.8) is 0 Å². The van der Waals surface area contributed by atoms with E-state index in [4.69, 9.17) is 15.7 Å². The standard InChI is InChI=1S/C27H27N11O2/c1-14(39)22-23(15-10-16-6-7-17(11-15)37(16)27(40)25-29-13-30-34-25)33-26-18(12-31-38(26)24(22)28)19-4-3-5-20(32-19)21-8-9-36(2)35-21/h3-5,8-9,12-13,15-17H,6-7,10-11,28H2,1-2H3,(H,29,30,34)/t15?,16-,17+. The number of nitrogen functional groups attached to an aromatic ring is 1. The number of carbonyl (C=O) groups is 2. The molecule has 0 aliphatic carbocycles. The quantitative estimate of drug-likeness (QED) is 0.320. The predicted octanol–water partition coefficient (Wildman–Crippen LogP) is 2.65. The van der Waals surface area contributed by atoms with Gasteiger partial charge in [-0.25, -0.2) is 15.0 Å². The molecule has 2 aliphatic rings. The molecule has 5 aromatic heterocycles. The summed E-state index contributed by atoms with van der Waals surface area (Å²) < 4.78 is 3.25. The van der Waals surface area contributed by atoms with Crippen molar-refractivity contribution >= 4 is 23.2 Å². The van der Waals surface area contributed by atoms with E-state index in [0.29, 0.717) is 41.0 Å². The largest absolute Gasteiger partial charge is 0.383 e.